The van der Waals surface area contributed by atoms with Crippen molar-refractivity contribution in [2.45, 2.75) is 33.6 Å². The zero-order valence-electron chi connectivity index (χ0n) is 15.0. The van der Waals surface area contributed by atoms with Crippen molar-refractivity contribution in [2.24, 2.45) is 0 Å². The minimum absolute atomic E-state index is 0.0663. The minimum atomic E-state index is -0.0663. The summed E-state index contributed by atoms with van der Waals surface area (Å²) < 4.78 is 6.25. The number of aromatic nitrogens is 2. The molecule has 6 heteroatoms. The molecule has 0 aliphatic heterocycles. The highest BCUT2D eigenvalue weighted by atomic mass is 79.9. The first-order valence-electron chi connectivity index (χ1n) is 8.38. The normalized spacial score (nSPS) is 10.8. The maximum Gasteiger partial charge on any atom is 0.227 e. The highest BCUT2D eigenvalue weighted by Gasteiger charge is 2.12. The fourth-order valence-corrected chi connectivity index (χ4v) is 3.14. The molecule has 2 aromatic carbocycles. The van der Waals surface area contributed by atoms with Crippen LogP contribution in [0.2, 0.25) is 0 Å². The lowest BCUT2D eigenvalue weighted by Crippen LogP contribution is -2.14. The third-order valence-corrected chi connectivity index (χ3v) is 4.61. The van der Waals surface area contributed by atoms with Gasteiger partial charge in [0, 0.05) is 28.6 Å². The largest absolute Gasteiger partial charge is 0.339 e. The lowest BCUT2D eigenvalue weighted by molar-refractivity contribution is -0.116. The van der Waals surface area contributed by atoms with Gasteiger partial charge in [0.2, 0.25) is 17.6 Å². The summed E-state index contributed by atoms with van der Waals surface area (Å²) >= 11 is 3.40. The van der Waals surface area contributed by atoms with Crippen LogP contribution in [0.3, 0.4) is 0 Å². The maximum absolute atomic E-state index is 12.3. The van der Waals surface area contributed by atoms with E-state index in [2.05, 4.69) is 43.5 Å². The predicted octanol–water partition coefficient (Wildman–Crippen LogP) is 5.00. The Hall–Kier alpha value is -2.47. The van der Waals surface area contributed by atoms with E-state index in [4.69, 9.17) is 4.52 Å². The van der Waals surface area contributed by atoms with E-state index in [1.54, 1.807) is 0 Å². The first-order valence-corrected chi connectivity index (χ1v) is 9.18. The highest BCUT2D eigenvalue weighted by molar-refractivity contribution is 9.10. The molecular weight excluding hydrogens is 394 g/mol. The number of hydrogen-bond acceptors (Lipinski definition) is 4. The SMILES string of the molecule is Cc1cc(C)c(NC(=O)CCc2nc(-c3ccc(Br)cc3)no2)c(C)c1. The quantitative estimate of drug-likeness (QED) is 0.638. The molecular formula is C20H20BrN3O2. The van der Waals surface area contributed by atoms with E-state index in [0.29, 0.717) is 18.1 Å². The van der Waals surface area contributed by atoms with Gasteiger partial charge in [0.25, 0.3) is 0 Å². The molecule has 1 aromatic heterocycles. The second-order valence-corrected chi connectivity index (χ2v) is 7.26. The molecule has 26 heavy (non-hydrogen) atoms. The van der Waals surface area contributed by atoms with E-state index in [-0.39, 0.29) is 12.3 Å². The average Bonchev–Trinajstić information content (AvgIpc) is 3.06. The van der Waals surface area contributed by atoms with Crippen LogP contribution < -0.4 is 5.32 Å². The molecule has 134 valence electrons. The number of aryl methyl sites for hydroxylation is 4. The van der Waals surface area contributed by atoms with Crippen LogP contribution in [-0.2, 0) is 11.2 Å². The van der Waals surface area contributed by atoms with E-state index in [9.17, 15) is 4.79 Å². The molecule has 3 rings (SSSR count). The second-order valence-electron chi connectivity index (χ2n) is 6.34. The lowest BCUT2D eigenvalue weighted by Gasteiger charge is -2.12. The van der Waals surface area contributed by atoms with E-state index < -0.39 is 0 Å². The molecule has 0 saturated carbocycles. The molecule has 0 aliphatic rings. The van der Waals surface area contributed by atoms with Gasteiger partial charge >= 0.3 is 0 Å². The van der Waals surface area contributed by atoms with Gasteiger partial charge in [-0.3, -0.25) is 4.79 Å². The summed E-state index contributed by atoms with van der Waals surface area (Å²) in [7, 11) is 0. The summed E-state index contributed by atoms with van der Waals surface area (Å²) in [4.78, 5) is 16.6. The molecule has 0 bridgehead atoms. The Labute approximate surface area is 160 Å². The van der Waals surface area contributed by atoms with Crippen LogP contribution in [0.15, 0.2) is 45.4 Å². The third kappa shape index (κ3) is 4.38. The molecule has 0 atom stereocenters. The number of nitrogens with one attached hydrogen (secondary N) is 1. The fraction of sp³-hybridized carbons (Fsp3) is 0.250. The van der Waals surface area contributed by atoms with Crippen molar-refractivity contribution in [1.82, 2.24) is 10.1 Å². The number of hydrogen-bond donors (Lipinski definition) is 1. The van der Waals surface area contributed by atoms with Gasteiger partial charge in [-0.1, -0.05) is 38.8 Å². The van der Waals surface area contributed by atoms with Gasteiger partial charge in [-0.2, -0.15) is 4.98 Å². The number of halogens is 1. The Kier molecular flexibility index (Phi) is 5.52. The smallest absolute Gasteiger partial charge is 0.227 e. The molecule has 0 unspecified atom stereocenters. The molecule has 1 amide bonds. The summed E-state index contributed by atoms with van der Waals surface area (Å²) in [6.07, 6.45) is 0.689. The van der Waals surface area contributed by atoms with Gasteiger partial charge < -0.3 is 9.84 Å². The molecule has 0 radical (unpaired) electrons. The van der Waals surface area contributed by atoms with Crippen molar-refractivity contribution < 1.29 is 9.32 Å². The number of amides is 1. The van der Waals surface area contributed by atoms with Gasteiger partial charge in [-0.25, -0.2) is 0 Å². The Balaban J connectivity index is 1.61. The van der Waals surface area contributed by atoms with E-state index >= 15 is 0 Å². The minimum Gasteiger partial charge on any atom is -0.339 e. The van der Waals surface area contributed by atoms with Crippen LogP contribution in [-0.4, -0.2) is 16.0 Å². The molecule has 0 aliphatic carbocycles. The molecule has 0 fully saturated rings. The zero-order chi connectivity index (χ0) is 18.7. The fourth-order valence-electron chi connectivity index (χ4n) is 2.87. The van der Waals surface area contributed by atoms with E-state index in [1.165, 1.54) is 5.56 Å². The van der Waals surface area contributed by atoms with Crippen LogP contribution in [0.25, 0.3) is 11.4 Å². The first-order chi connectivity index (χ1) is 12.4. The summed E-state index contributed by atoms with van der Waals surface area (Å²) in [6.45, 7) is 6.04. The molecule has 5 nitrogen and oxygen atoms in total. The van der Waals surface area contributed by atoms with Gasteiger partial charge in [0.05, 0.1) is 0 Å². The van der Waals surface area contributed by atoms with Gasteiger partial charge in [-0.15, -0.1) is 0 Å². The monoisotopic (exact) mass is 413 g/mol. The maximum atomic E-state index is 12.3. The van der Waals surface area contributed by atoms with E-state index in [0.717, 1.165) is 26.9 Å². The zero-order valence-corrected chi connectivity index (χ0v) is 16.6. The van der Waals surface area contributed by atoms with E-state index in [1.807, 2.05) is 45.0 Å². The highest BCUT2D eigenvalue weighted by Crippen LogP contribution is 2.22. The second kappa shape index (κ2) is 7.83. The summed E-state index contributed by atoms with van der Waals surface area (Å²) in [5, 5.41) is 6.97. The van der Waals surface area contributed by atoms with Crippen LogP contribution in [0.1, 0.15) is 29.0 Å². The summed E-state index contributed by atoms with van der Waals surface area (Å²) in [5.74, 6) is 0.914. The first kappa shape index (κ1) is 18.3. The average molecular weight is 414 g/mol. The van der Waals surface area contributed by atoms with Gasteiger partial charge in [-0.05, 0) is 56.2 Å². The molecule has 1 heterocycles. The van der Waals surface area contributed by atoms with Crippen LogP contribution in [0, 0.1) is 20.8 Å². The number of carbonyl (C=O) groups excluding carboxylic acids is 1. The van der Waals surface area contributed by atoms with Crippen LogP contribution in [0.5, 0.6) is 0 Å². The Bertz CT molecular complexity index is 909. The number of nitrogens with zero attached hydrogens (tertiary/aromatic N) is 2. The third-order valence-electron chi connectivity index (χ3n) is 4.08. The molecule has 3 aromatic rings. The van der Waals surface area contributed by atoms with Crippen molar-refractivity contribution in [2.75, 3.05) is 5.32 Å². The summed E-state index contributed by atoms with van der Waals surface area (Å²) in [5.41, 5.74) is 5.06. The molecule has 1 N–H and O–H groups in total. The van der Waals surface area contributed by atoms with Crippen LogP contribution in [0.4, 0.5) is 5.69 Å². The van der Waals surface area contributed by atoms with Crippen molar-refractivity contribution in [1.29, 1.82) is 0 Å². The number of benzene rings is 2. The number of carbonyl (C=O) groups is 1. The van der Waals surface area contributed by atoms with Crippen molar-refractivity contribution in [3.8, 4) is 11.4 Å². The van der Waals surface area contributed by atoms with Gasteiger partial charge in [0.15, 0.2) is 0 Å². The van der Waals surface area contributed by atoms with Crippen LogP contribution >= 0.6 is 15.9 Å². The predicted molar refractivity (Wildman–Crippen MR) is 105 cm³/mol. The Morgan fingerprint density at radius 2 is 1.77 bits per heavy atom. The van der Waals surface area contributed by atoms with Gasteiger partial charge in [0.1, 0.15) is 0 Å². The Morgan fingerprint density at radius 1 is 1.12 bits per heavy atom. The lowest BCUT2D eigenvalue weighted by atomic mass is 10.0. The van der Waals surface area contributed by atoms with Crippen molar-refractivity contribution in [3.63, 3.8) is 0 Å². The van der Waals surface area contributed by atoms with Crippen molar-refractivity contribution in [3.05, 3.63) is 63.5 Å². The molecule has 0 spiro atoms. The van der Waals surface area contributed by atoms with Crippen molar-refractivity contribution >= 4 is 27.5 Å². The number of rotatable bonds is 5. The standard InChI is InChI=1S/C20H20BrN3O2/c1-12-10-13(2)19(14(3)11-12)22-17(25)8-9-18-23-20(24-26-18)15-4-6-16(21)7-5-15/h4-7,10-11H,8-9H2,1-3H3,(H,22,25). The number of anilines is 1. The molecule has 0 saturated heterocycles. The topological polar surface area (TPSA) is 68.0 Å². The Morgan fingerprint density at radius 3 is 2.42 bits per heavy atom. The summed E-state index contributed by atoms with van der Waals surface area (Å²) in [6, 6.07) is 11.8.